The fourth-order valence-electron chi connectivity index (χ4n) is 1.32. The van der Waals surface area contributed by atoms with Crippen molar-refractivity contribution in [2.75, 3.05) is 0 Å². The van der Waals surface area contributed by atoms with Crippen LogP contribution in [0.25, 0.3) is 0 Å². The minimum absolute atomic E-state index is 0.0671. The zero-order chi connectivity index (χ0) is 14.7. The summed E-state index contributed by atoms with van der Waals surface area (Å²) in [6.45, 7) is -0.162. The van der Waals surface area contributed by atoms with Gasteiger partial charge in [-0.3, -0.25) is 10.1 Å². The van der Waals surface area contributed by atoms with Crippen molar-refractivity contribution in [3.63, 3.8) is 0 Å². The molecule has 1 aromatic heterocycles. The summed E-state index contributed by atoms with van der Waals surface area (Å²) in [6, 6.07) is 2.71. The first-order chi connectivity index (χ1) is 9.51. The molecule has 0 amide bonds. The second-order valence-corrected chi connectivity index (χ2v) is 5.34. The molecule has 0 aliphatic carbocycles. The van der Waals surface area contributed by atoms with Gasteiger partial charge in [-0.05, 0) is 31.9 Å². The summed E-state index contributed by atoms with van der Waals surface area (Å²) >= 11 is 6.39. The quantitative estimate of drug-likeness (QED) is 0.620. The van der Waals surface area contributed by atoms with Crippen LogP contribution < -0.4 is 4.74 Å². The fraction of sp³-hybridized carbons (Fsp3) is 0.0909. The molecule has 0 saturated heterocycles. The first-order valence-electron chi connectivity index (χ1n) is 5.24. The molecule has 9 heteroatoms. The first kappa shape index (κ1) is 14.8. The summed E-state index contributed by atoms with van der Waals surface area (Å²) in [5.41, 5.74) is 0.479. The van der Waals surface area contributed by atoms with Crippen molar-refractivity contribution in [1.29, 1.82) is 0 Å². The van der Waals surface area contributed by atoms with Crippen molar-refractivity contribution in [3.05, 3.63) is 49.1 Å². The Morgan fingerprint density at radius 1 is 1.25 bits per heavy atom. The van der Waals surface area contributed by atoms with Crippen LogP contribution in [0.1, 0.15) is 5.56 Å². The molecule has 0 unspecified atom stereocenters. The van der Waals surface area contributed by atoms with Crippen LogP contribution in [0.3, 0.4) is 0 Å². The van der Waals surface area contributed by atoms with Gasteiger partial charge in [0.15, 0.2) is 5.75 Å². The van der Waals surface area contributed by atoms with Crippen LogP contribution >= 0.6 is 31.9 Å². The lowest BCUT2D eigenvalue weighted by Gasteiger charge is -2.08. The van der Waals surface area contributed by atoms with Crippen LogP contribution in [0, 0.1) is 10.1 Å². The highest BCUT2D eigenvalue weighted by molar-refractivity contribution is 9.11. The molecule has 104 valence electrons. The van der Waals surface area contributed by atoms with E-state index in [1.807, 2.05) is 0 Å². The Morgan fingerprint density at radius 2 is 1.80 bits per heavy atom. The molecule has 0 fully saturated rings. The van der Waals surface area contributed by atoms with Gasteiger partial charge in [0.05, 0.1) is 20.5 Å². The monoisotopic (exact) mass is 403 g/mol. The van der Waals surface area contributed by atoms with E-state index in [1.54, 1.807) is 0 Å². The first-order valence-corrected chi connectivity index (χ1v) is 6.83. The molecule has 0 aliphatic heterocycles. The van der Waals surface area contributed by atoms with Gasteiger partial charge >= 0.3 is 6.01 Å². The van der Waals surface area contributed by atoms with E-state index in [4.69, 9.17) is 9.84 Å². The number of halogens is 2. The van der Waals surface area contributed by atoms with Gasteiger partial charge in [0, 0.05) is 30.1 Å². The summed E-state index contributed by atoms with van der Waals surface area (Å²) < 4.78 is 6.25. The van der Waals surface area contributed by atoms with Gasteiger partial charge in [0.2, 0.25) is 0 Å². The fourth-order valence-corrected chi connectivity index (χ4v) is 2.64. The Hall–Kier alpha value is -1.58. The molecule has 2 aromatic rings. The Bertz CT molecular complexity index is 626. The maximum Gasteiger partial charge on any atom is 0.321 e. The summed E-state index contributed by atoms with van der Waals surface area (Å²) in [6.07, 6.45) is 2.85. The lowest BCUT2D eigenvalue weighted by atomic mass is 10.3. The van der Waals surface area contributed by atoms with E-state index in [0.29, 0.717) is 20.3 Å². The van der Waals surface area contributed by atoms with Gasteiger partial charge in [-0.15, -0.1) is 0 Å². The number of nitrogens with zero attached hydrogens (tertiary/aromatic N) is 3. The third-order valence-electron chi connectivity index (χ3n) is 2.25. The second kappa shape index (κ2) is 6.25. The van der Waals surface area contributed by atoms with E-state index in [9.17, 15) is 10.1 Å². The number of aliphatic hydroxyl groups excluding tert-OH is 1. The van der Waals surface area contributed by atoms with Crippen molar-refractivity contribution >= 4 is 37.5 Å². The van der Waals surface area contributed by atoms with E-state index in [-0.39, 0.29) is 18.3 Å². The van der Waals surface area contributed by atoms with Crippen molar-refractivity contribution in [1.82, 2.24) is 9.97 Å². The highest BCUT2D eigenvalue weighted by Crippen LogP contribution is 2.38. The van der Waals surface area contributed by atoms with E-state index >= 15 is 0 Å². The highest BCUT2D eigenvalue weighted by Gasteiger charge is 2.16. The molecule has 0 spiro atoms. The van der Waals surface area contributed by atoms with Gasteiger partial charge < -0.3 is 9.84 Å². The number of ether oxygens (including phenoxy) is 1. The lowest BCUT2D eigenvalue weighted by molar-refractivity contribution is -0.385. The summed E-state index contributed by atoms with van der Waals surface area (Å²) in [5, 5.41) is 19.6. The average Bonchev–Trinajstić information content (AvgIpc) is 2.43. The number of aromatic nitrogens is 2. The molecule has 1 aromatic carbocycles. The van der Waals surface area contributed by atoms with Crippen LogP contribution in [-0.2, 0) is 6.61 Å². The molecule has 1 N–H and O–H groups in total. The molecule has 0 saturated carbocycles. The number of non-ortho nitro benzene ring substituents is 1. The Kier molecular flexibility index (Phi) is 4.63. The topological polar surface area (TPSA) is 98.4 Å². The predicted octanol–water partition coefficient (Wildman–Crippen LogP) is 3.19. The van der Waals surface area contributed by atoms with Crippen molar-refractivity contribution in [2.45, 2.75) is 6.61 Å². The van der Waals surface area contributed by atoms with Crippen molar-refractivity contribution in [2.24, 2.45) is 0 Å². The molecule has 1 heterocycles. The van der Waals surface area contributed by atoms with Crippen LogP contribution in [-0.4, -0.2) is 20.0 Å². The number of hydrogen-bond donors (Lipinski definition) is 1. The number of benzene rings is 1. The molecule has 20 heavy (non-hydrogen) atoms. The molecular formula is C11H7Br2N3O4. The van der Waals surface area contributed by atoms with Gasteiger partial charge in [-0.25, -0.2) is 9.97 Å². The van der Waals surface area contributed by atoms with Gasteiger partial charge in [0.25, 0.3) is 5.69 Å². The lowest BCUT2D eigenvalue weighted by Crippen LogP contribution is -1.96. The molecule has 0 aliphatic rings. The normalized spacial score (nSPS) is 10.3. The molecule has 0 atom stereocenters. The summed E-state index contributed by atoms with van der Waals surface area (Å²) in [7, 11) is 0. The van der Waals surface area contributed by atoms with E-state index < -0.39 is 4.92 Å². The van der Waals surface area contributed by atoms with Gasteiger partial charge in [-0.2, -0.15) is 0 Å². The standard InChI is InChI=1S/C11H7Br2N3O4/c12-8-1-7(16(18)19)2-9(13)10(8)20-11-14-3-6(5-17)4-15-11/h1-4,17H,5H2. The van der Waals surface area contributed by atoms with E-state index in [1.165, 1.54) is 24.5 Å². The van der Waals surface area contributed by atoms with Gasteiger partial charge in [-0.1, -0.05) is 0 Å². The van der Waals surface area contributed by atoms with Gasteiger partial charge in [0.1, 0.15) is 0 Å². The van der Waals surface area contributed by atoms with Crippen LogP contribution in [0.4, 0.5) is 5.69 Å². The third-order valence-corrected chi connectivity index (χ3v) is 3.43. The molecule has 7 nitrogen and oxygen atoms in total. The average molecular weight is 405 g/mol. The SMILES string of the molecule is O=[N+]([O-])c1cc(Br)c(Oc2ncc(CO)cn2)c(Br)c1. The van der Waals surface area contributed by atoms with E-state index in [0.717, 1.165) is 0 Å². The number of rotatable bonds is 4. The Labute approximate surface area is 130 Å². The minimum atomic E-state index is -0.508. The number of nitro groups is 1. The molecular weight excluding hydrogens is 398 g/mol. The maximum atomic E-state index is 10.7. The second-order valence-electron chi connectivity index (χ2n) is 3.63. The number of aliphatic hydroxyl groups is 1. The highest BCUT2D eigenvalue weighted by atomic mass is 79.9. The largest absolute Gasteiger partial charge is 0.422 e. The third kappa shape index (κ3) is 3.30. The number of hydrogen-bond acceptors (Lipinski definition) is 6. The maximum absolute atomic E-state index is 10.7. The minimum Gasteiger partial charge on any atom is -0.422 e. The summed E-state index contributed by atoms with van der Waals surface area (Å²) in [5.74, 6) is 0.326. The van der Waals surface area contributed by atoms with E-state index in [2.05, 4.69) is 41.8 Å². The smallest absolute Gasteiger partial charge is 0.321 e. The number of nitro benzene ring substituents is 1. The zero-order valence-corrected chi connectivity index (χ0v) is 13.0. The van der Waals surface area contributed by atoms with Crippen LogP contribution in [0.5, 0.6) is 11.8 Å². The van der Waals surface area contributed by atoms with Crippen molar-refractivity contribution in [3.8, 4) is 11.8 Å². The molecule has 0 radical (unpaired) electrons. The van der Waals surface area contributed by atoms with Crippen LogP contribution in [0.2, 0.25) is 0 Å². The Morgan fingerprint density at radius 3 is 2.25 bits per heavy atom. The zero-order valence-electron chi connectivity index (χ0n) is 9.79. The predicted molar refractivity (Wildman–Crippen MR) is 76.5 cm³/mol. The van der Waals surface area contributed by atoms with Crippen LogP contribution in [0.15, 0.2) is 33.5 Å². The summed E-state index contributed by atoms with van der Waals surface area (Å²) in [4.78, 5) is 18.0. The molecule has 0 bridgehead atoms. The Balaban J connectivity index is 2.30. The van der Waals surface area contributed by atoms with Crippen molar-refractivity contribution < 1.29 is 14.8 Å². The molecule has 2 rings (SSSR count).